The first kappa shape index (κ1) is 14.7. The first-order valence-corrected chi connectivity index (χ1v) is 6.33. The van der Waals surface area contributed by atoms with Crippen molar-refractivity contribution >= 4 is 33.5 Å². The number of hydrogen-bond donors (Lipinski definition) is 4. The van der Waals surface area contributed by atoms with Gasteiger partial charge in [-0.25, -0.2) is 9.59 Å². The van der Waals surface area contributed by atoms with Gasteiger partial charge in [0.15, 0.2) is 0 Å². The van der Waals surface area contributed by atoms with Crippen molar-refractivity contribution in [2.75, 3.05) is 5.32 Å². The summed E-state index contributed by atoms with van der Waals surface area (Å²) in [6.45, 7) is 0. The molecule has 0 fully saturated rings. The zero-order valence-electron chi connectivity index (χ0n) is 10.3. The second-order valence-corrected chi connectivity index (χ2v) is 4.90. The van der Waals surface area contributed by atoms with E-state index in [2.05, 4.69) is 26.2 Å². The van der Waals surface area contributed by atoms with Crippen LogP contribution >= 0.6 is 15.9 Å². The van der Waals surface area contributed by atoms with Gasteiger partial charge in [0.1, 0.15) is 5.69 Å². The first-order chi connectivity index (χ1) is 9.85. The Kier molecular flexibility index (Phi) is 4.03. The summed E-state index contributed by atoms with van der Waals surface area (Å²) in [6.07, 6.45) is 0. The molecule has 1 aromatic heterocycles. The van der Waals surface area contributed by atoms with E-state index < -0.39 is 23.1 Å². The van der Waals surface area contributed by atoms with Gasteiger partial charge in [0.25, 0.3) is 11.5 Å². The molecule has 0 saturated heterocycles. The average Bonchev–Trinajstić information content (AvgIpc) is 2.36. The van der Waals surface area contributed by atoms with Gasteiger partial charge in [0.05, 0.1) is 5.56 Å². The summed E-state index contributed by atoms with van der Waals surface area (Å²) in [5.74, 6) is -1.90. The molecule has 0 spiro atoms. The van der Waals surface area contributed by atoms with Gasteiger partial charge in [-0.2, -0.15) is 0 Å². The third kappa shape index (κ3) is 3.66. The van der Waals surface area contributed by atoms with Crippen LogP contribution in [0.3, 0.4) is 0 Å². The van der Waals surface area contributed by atoms with E-state index in [1.165, 1.54) is 18.2 Å². The zero-order chi connectivity index (χ0) is 15.6. The molecule has 0 atom stereocenters. The van der Waals surface area contributed by atoms with E-state index in [4.69, 9.17) is 5.11 Å². The highest BCUT2D eigenvalue weighted by Gasteiger charge is 2.11. The number of carbonyl (C=O) groups excluding carboxylic acids is 1. The molecule has 0 unspecified atom stereocenters. The van der Waals surface area contributed by atoms with Crippen LogP contribution in [0.4, 0.5) is 5.69 Å². The van der Waals surface area contributed by atoms with Gasteiger partial charge in [0.2, 0.25) is 0 Å². The number of aromatic nitrogens is 2. The number of anilines is 1. The molecule has 1 amide bonds. The Morgan fingerprint density at radius 1 is 1.10 bits per heavy atom. The van der Waals surface area contributed by atoms with Crippen molar-refractivity contribution < 1.29 is 14.7 Å². The maximum absolute atomic E-state index is 11.9. The number of H-pyrrole nitrogens is 2. The van der Waals surface area contributed by atoms with Crippen LogP contribution in [0, 0.1) is 0 Å². The third-order valence-corrected chi connectivity index (χ3v) is 2.87. The van der Waals surface area contributed by atoms with Crippen LogP contribution < -0.4 is 16.6 Å². The summed E-state index contributed by atoms with van der Waals surface area (Å²) in [7, 11) is 0. The van der Waals surface area contributed by atoms with Crippen molar-refractivity contribution in [3.8, 4) is 0 Å². The normalized spacial score (nSPS) is 10.1. The minimum atomic E-state index is -1.16. The summed E-state index contributed by atoms with van der Waals surface area (Å²) in [6, 6.07) is 5.02. The summed E-state index contributed by atoms with van der Waals surface area (Å²) in [5, 5.41) is 11.3. The molecule has 0 aliphatic heterocycles. The van der Waals surface area contributed by atoms with Crippen molar-refractivity contribution in [3.05, 3.63) is 60.8 Å². The molecule has 4 N–H and O–H groups in total. The molecule has 0 aliphatic rings. The van der Waals surface area contributed by atoms with E-state index >= 15 is 0 Å². The molecule has 0 bridgehead atoms. The number of carboxylic acid groups (broad SMARTS) is 1. The number of halogens is 1. The van der Waals surface area contributed by atoms with Gasteiger partial charge in [-0.3, -0.25) is 14.6 Å². The molecule has 0 saturated carbocycles. The van der Waals surface area contributed by atoms with Crippen molar-refractivity contribution in [1.29, 1.82) is 0 Å². The van der Waals surface area contributed by atoms with Gasteiger partial charge in [-0.05, 0) is 18.2 Å². The molecule has 0 aliphatic carbocycles. The smallest absolute Gasteiger partial charge is 0.335 e. The highest BCUT2D eigenvalue weighted by molar-refractivity contribution is 9.10. The van der Waals surface area contributed by atoms with E-state index in [1.54, 1.807) is 0 Å². The molecule has 2 rings (SSSR count). The number of carboxylic acids is 1. The molecule has 2 aromatic rings. The number of carbonyl (C=O) groups is 2. The molecule has 1 aromatic carbocycles. The van der Waals surface area contributed by atoms with Gasteiger partial charge in [-0.1, -0.05) is 15.9 Å². The molecular weight excluding hydrogens is 346 g/mol. The Balaban J connectivity index is 2.33. The molecule has 0 radical (unpaired) electrons. The molecule has 21 heavy (non-hydrogen) atoms. The van der Waals surface area contributed by atoms with Crippen molar-refractivity contribution in [3.63, 3.8) is 0 Å². The van der Waals surface area contributed by atoms with Crippen LogP contribution in [-0.2, 0) is 0 Å². The largest absolute Gasteiger partial charge is 0.478 e. The molecule has 9 heteroatoms. The van der Waals surface area contributed by atoms with E-state index in [0.29, 0.717) is 4.47 Å². The van der Waals surface area contributed by atoms with Crippen LogP contribution in [0.25, 0.3) is 0 Å². The summed E-state index contributed by atoms with van der Waals surface area (Å²) >= 11 is 3.12. The minimum absolute atomic E-state index is 0.0286. The lowest BCUT2D eigenvalue weighted by molar-refractivity contribution is 0.0696. The third-order valence-electron chi connectivity index (χ3n) is 2.41. The van der Waals surface area contributed by atoms with E-state index in [-0.39, 0.29) is 16.9 Å². The van der Waals surface area contributed by atoms with Crippen molar-refractivity contribution in [2.45, 2.75) is 0 Å². The predicted octanol–water partition coefficient (Wildman–Crippen LogP) is 0.776. The lowest BCUT2D eigenvalue weighted by Gasteiger charge is -2.06. The molecular formula is C12H8BrN3O5. The highest BCUT2D eigenvalue weighted by Crippen LogP contribution is 2.20. The Morgan fingerprint density at radius 2 is 1.81 bits per heavy atom. The number of hydrogen-bond acceptors (Lipinski definition) is 4. The number of amides is 1. The Labute approximate surface area is 125 Å². The Bertz CT molecular complexity index is 811. The fourth-order valence-electron chi connectivity index (χ4n) is 1.57. The van der Waals surface area contributed by atoms with E-state index in [0.717, 1.165) is 6.07 Å². The highest BCUT2D eigenvalue weighted by atomic mass is 79.9. The number of aromatic carboxylic acids is 1. The Hall–Kier alpha value is -2.68. The predicted molar refractivity (Wildman–Crippen MR) is 76.7 cm³/mol. The fourth-order valence-corrected chi connectivity index (χ4v) is 2.07. The first-order valence-electron chi connectivity index (χ1n) is 5.54. The quantitative estimate of drug-likeness (QED) is 0.647. The van der Waals surface area contributed by atoms with Crippen LogP contribution in [-0.4, -0.2) is 27.0 Å². The Morgan fingerprint density at radius 3 is 2.43 bits per heavy atom. The standard InChI is InChI=1S/C12H8BrN3O5/c13-6-1-5(11(19)20)2-7(3-6)14-10(18)8-4-9(17)16-12(21)15-8/h1-4H,(H,14,18)(H,19,20)(H2,15,16,17,21). The minimum Gasteiger partial charge on any atom is -0.478 e. The number of rotatable bonds is 3. The second-order valence-electron chi connectivity index (χ2n) is 3.99. The fraction of sp³-hybridized carbons (Fsp3) is 0. The zero-order valence-corrected chi connectivity index (χ0v) is 11.9. The van der Waals surface area contributed by atoms with Crippen LogP contribution in [0.1, 0.15) is 20.8 Å². The molecule has 108 valence electrons. The number of nitrogens with one attached hydrogen (secondary N) is 3. The monoisotopic (exact) mass is 353 g/mol. The van der Waals surface area contributed by atoms with Crippen LogP contribution in [0.5, 0.6) is 0 Å². The molecule has 8 nitrogen and oxygen atoms in total. The van der Waals surface area contributed by atoms with E-state index in [1.807, 2.05) is 4.98 Å². The van der Waals surface area contributed by atoms with Crippen molar-refractivity contribution in [1.82, 2.24) is 9.97 Å². The van der Waals surface area contributed by atoms with Gasteiger partial charge in [-0.15, -0.1) is 0 Å². The summed E-state index contributed by atoms with van der Waals surface area (Å²) in [4.78, 5) is 49.2. The van der Waals surface area contributed by atoms with E-state index in [9.17, 15) is 19.2 Å². The lowest BCUT2D eigenvalue weighted by Crippen LogP contribution is -2.27. The van der Waals surface area contributed by atoms with Gasteiger partial charge >= 0.3 is 11.7 Å². The topological polar surface area (TPSA) is 132 Å². The maximum Gasteiger partial charge on any atom is 0.335 e. The molecule has 1 heterocycles. The van der Waals surface area contributed by atoms with Gasteiger partial charge < -0.3 is 15.4 Å². The van der Waals surface area contributed by atoms with Crippen LogP contribution in [0.2, 0.25) is 0 Å². The SMILES string of the molecule is O=C(O)c1cc(Br)cc(NC(=O)c2cc(=O)[nH]c(=O)[nH]2)c1. The summed E-state index contributed by atoms with van der Waals surface area (Å²) in [5.41, 5.74) is -1.59. The number of benzene rings is 1. The lowest BCUT2D eigenvalue weighted by atomic mass is 10.2. The second kappa shape index (κ2) is 5.75. The summed E-state index contributed by atoms with van der Waals surface area (Å²) < 4.78 is 0.456. The average molecular weight is 354 g/mol. The number of aromatic amines is 2. The van der Waals surface area contributed by atoms with Crippen molar-refractivity contribution in [2.24, 2.45) is 0 Å². The van der Waals surface area contributed by atoms with Crippen LogP contribution in [0.15, 0.2) is 38.3 Å². The van der Waals surface area contributed by atoms with Gasteiger partial charge in [0, 0.05) is 16.2 Å². The maximum atomic E-state index is 11.9.